The summed E-state index contributed by atoms with van der Waals surface area (Å²) in [5.41, 5.74) is 0. The molecule has 1 spiro atoms. The Morgan fingerprint density at radius 1 is 1.57 bits per heavy atom. The highest BCUT2D eigenvalue weighted by Crippen LogP contribution is 2.42. The fraction of sp³-hybridized carbons (Fsp3) is 1.00. The van der Waals surface area contributed by atoms with E-state index in [0.29, 0.717) is 11.0 Å². The van der Waals surface area contributed by atoms with Crippen molar-refractivity contribution in [3.63, 3.8) is 0 Å². The highest BCUT2D eigenvalue weighted by molar-refractivity contribution is 8.01. The average Bonchev–Trinajstić information content (AvgIpc) is 2.48. The van der Waals surface area contributed by atoms with Crippen LogP contribution in [0.25, 0.3) is 0 Å². The molecule has 3 heteroatoms. The molecular weight excluding hydrogens is 194 g/mol. The molecule has 2 nitrogen and oxygen atoms in total. The highest BCUT2D eigenvalue weighted by atomic mass is 32.2. The zero-order valence-corrected chi connectivity index (χ0v) is 10.0. The predicted octanol–water partition coefficient (Wildman–Crippen LogP) is 2.39. The van der Waals surface area contributed by atoms with Gasteiger partial charge in [-0.05, 0) is 12.8 Å². The third kappa shape index (κ3) is 2.26. The van der Waals surface area contributed by atoms with Crippen LogP contribution in [0, 0.1) is 0 Å². The minimum atomic E-state index is 0.359. The lowest BCUT2D eigenvalue weighted by atomic mass is 9.99. The molecule has 82 valence electrons. The number of hydrogen-bond donors (Lipinski definition) is 1. The van der Waals surface area contributed by atoms with E-state index < -0.39 is 0 Å². The summed E-state index contributed by atoms with van der Waals surface area (Å²) in [6, 6.07) is 0. The van der Waals surface area contributed by atoms with E-state index in [1.165, 1.54) is 32.2 Å². The van der Waals surface area contributed by atoms with E-state index in [1.54, 1.807) is 0 Å². The number of thioether (sulfide) groups is 1. The fourth-order valence-electron chi connectivity index (χ4n) is 2.49. The maximum Gasteiger partial charge on any atom is 0.0695 e. The lowest BCUT2D eigenvalue weighted by Gasteiger charge is -2.37. The van der Waals surface area contributed by atoms with E-state index in [1.807, 2.05) is 0 Å². The molecule has 2 aliphatic heterocycles. The first kappa shape index (κ1) is 10.8. The first-order chi connectivity index (χ1) is 6.74. The Kier molecular flexibility index (Phi) is 3.40. The summed E-state index contributed by atoms with van der Waals surface area (Å²) in [6.45, 7) is 6.67. The Bertz CT molecular complexity index is 194. The summed E-state index contributed by atoms with van der Waals surface area (Å²) in [5, 5.41) is 4.47. The average molecular weight is 215 g/mol. The molecule has 0 aromatic heterocycles. The monoisotopic (exact) mass is 215 g/mol. The van der Waals surface area contributed by atoms with Gasteiger partial charge < -0.3 is 10.1 Å². The molecule has 0 bridgehead atoms. The van der Waals surface area contributed by atoms with Crippen LogP contribution >= 0.6 is 11.8 Å². The predicted molar refractivity (Wildman–Crippen MR) is 61.7 cm³/mol. The molecule has 2 saturated heterocycles. The van der Waals surface area contributed by atoms with Crippen LogP contribution in [0.2, 0.25) is 0 Å². The van der Waals surface area contributed by atoms with Gasteiger partial charge in [0.15, 0.2) is 0 Å². The van der Waals surface area contributed by atoms with Gasteiger partial charge in [0.2, 0.25) is 0 Å². The van der Waals surface area contributed by atoms with E-state index in [4.69, 9.17) is 4.74 Å². The van der Waals surface area contributed by atoms with Crippen LogP contribution in [0.1, 0.15) is 39.5 Å². The molecule has 2 heterocycles. The van der Waals surface area contributed by atoms with Crippen molar-refractivity contribution in [2.24, 2.45) is 0 Å². The molecule has 2 aliphatic rings. The maximum atomic E-state index is 5.79. The second-order valence-electron chi connectivity index (χ2n) is 4.54. The van der Waals surface area contributed by atoms with E-state index in [9.17, 15) is 0 Å². The number of rotatable bonds is 2. The van der Waals surface area contributed by atoms with Gasteiger partial charge in [0.1, 0.15) is 0 Å². The molecule has 3 atom stereocenters. The Morgan fingerprint density at radius 3 is 3.07 bits per heavy atom. The Hall–Kier alpha value is 0.270. The van der Waals surface area contributed by atoms with Crippen molar-refractivity contribution in [1.82, 2.24) is 5.32 Å². The van der Waals surface area contributed by atoms with Crippen molar-refractivity contribution in [3.8, 4) is 0 Å². The van der Waals surface area contributed by atoms with Crippen LogP contribution in [-0.4, -0.2) is 29.4 Å². The Labute approximate surface area is 91.2 Å². The van der Waals surface area contributed by atoms with Gasteiger partial charge in [0, 0.05) is 24.8 Å². The van der Waals surface area contributed by atoms with E-state index in [0.717, 1.165) is 11.9 Å². The van der Waals surface area contributed by atoms with Crippen molar-refractivity contribution < 1.29 is 4.74 Å². The molecule has 2 fully saturated rings. The second-order valence-corrected chi connectivity index (χ2v) is 6.36. The molecule has 14 heavy (non-hydrogen) atoms. The zero-order valence-electron chi connectivity index (χ0n) is 9.21. The fourth-order valence-corrected chi connectivity index (χ4v) is 4.08. The summed E-state index contributed by atoms with van der Waals surface area (Å²) >= 11 is 2.13. The van der Waals surface area contributed by atoms with Gasteiger partial charge in [0.25, 0.3) is 0 Å². The van der Waals surface area contributed by atoms with Gasteiger partial charge in [-0.3, -0.25) is 0 Å². The smallest absolute Gasteiger partial charge is 0.0695 e. The van der Waals surface area contributed by atoms with Crippen molar-refractivity contribution >= 4 is 11.8 Å². The summed E-state index contributed by atoms with van der Waals surface area (Å²) < 4.78 is 5.79. The third-order valence-electron chi connectivity index (χ3n) is 3.17. The van der Waals surface area contributed by atoms with Gasteiger partial charge in [-0.2, -0.15) is 0 Å². The second kappa shape index (κ2) is 4.42. The molecular formula is C11H21NOS. The van der Waals surface area contributed by atoms with Gasteiger partial charge in [-0.15, -0.1) is 11.8 Å². The lowest BCUT2D eigenvalue weighted by Crippen LogP contribution is -2.45. The van der Waals surface area contributed by atoms with Gasteiger partial charge in [-0.1, -0.05) is 20.3 Å². The van der Waals surface area contributed by atoms with Crippen LogP contribution in [0.5, 0.6) is 0 Å². The van der Waals surface area contributed by atoms with Crippen molar-refractivity contribution in [3.05, 3.63) is 0 Å². The van der Waals surface area contributed by atoms with Crippen LogP contribution in [0.3, 0.4) is 0 Å². The number of ether oxygens (including phenoxy) is 1. The number of hydrogen-bond acceptors (Lipinski definition) is 3. The van der Waals surface area contributed by atoms with Crippen molar-refractivity contribution in [1.29, 1.82) is 0 Å². The SMILES string of the molecule is CCCC1CC2(CCO1)NCC(C)S2. The van der Waals surface area contributed by atoms with E-state index in [-0.39, 0.29) is 0 Å². The topological polar surface area (TPSA) is 21.3 Å². The molecule has 0 aromatic rings. The van der Waals surface area contributed by atoms with Crippen LogP contribution < -0.4 is 5.32 Å². The van der Waals surface area contributed by atoms with Gasteiger partial charge >= 0.3 is 0 Å². The third-order valence-corrected chi connectivity index (χ3v) is 4.70. The summed E-state index contributed by atoms with van der Waals surface area (Å²) in [4.78, 5) is 0.359. The van der Waals surface area contributed by atoms with Crippen LogP contribution in [0.15, 0.2) is 0 Å². The van der Waals surface area contributed by atoms with Crippen molar-refractivity contribution in [2.45, 2.75) is 55.8 Å². The summed E-state index contributed by atoms with van der Waals surface area (Å²) in [7, 11) is 0. The standard InChI is InChI=1S/C11H21NOS/c1-3-4-10-7-11(5-6-13-10)12-8-9(2)14-11/h9-10,12H,3-8H2,1-2H3. The molecule has 0 saturated carbocycles. The zero-order chi connectivity index (χ0) is 10.0. The molecule has 0 radical (unpaired) electrons. The minimum absolute atomic E-state index is 0.359. The molecule has 0 aliphatic carbocycles. The summed E-state index contributed by atoms with van der Waals surface area (Å²) in [6.07, 6.45) is 5.34. The van der Waals surface area contributed by atoms with Crippen molar-refractivity contribution in [2.75, 3.05) is 13.2 Å². The number of nitrogens with one attached hydrogen (secondary N) is 1. The van der Waals surface area contributed by atoms with Gasteiger partial charge in [-0.25, -0.2) is 0 Å². The molecule has 2 rings (SSSR count). The summed E-state index contributed by atoms with van der Waals surface area (Å²) in [5.74, 6) is 0. The molecule has 0 aromatic carbocycles. The Balaban J connectivity index is 1.93. The largest absolute Gasteiger partial charge is 0.378 e. The quantitative estimate of drug-likeness (QED) is 0.764. The highest BCUT2D eigenvalue weighted by Gasteiger charge is 2.41. The van der Waals surface area contributed by atoms with Crippen LogP contribution in [0.4, 0.5) is 0 Å². The lowest BCUT2D eigenvalue weighted by molar-refractivity contribution is -0.00874. The van der Waals surface area contributed by atoms with E-state index in [2.05, 4.69) is 30.9 Å². The first-order valence-electron chi connectivity index (χ1n) is 5.78. The molecule has 0 amide bonds. The maximum absolute atomic E-state index is 5.79. The normalized spacial score (nSPS) is 43.3. The first-order valence-corrected chi connectivity index (χ1v) is 6.66. The Morgan fingerprint density at radius 2 is 2.43 bits per heavy atom. The molecule has 1 N–H and O–H groups in total. The minimum Gasteiger partial charge on any atom is -0.378 e. The van der Waals surface area contributed by atoms with Gasteiger partial charge in [0.05, 0.1) is 11.0 Å². The van der Waals surface area contributed by atoms with Crippen LogP contribution in [-0.2, 0) is 4.74 Å². The van der Waals surface area contributed by atoms with E-state index >= 15 is 0 Å². The molecule has 3 unspecified atom stereocenters.